The van der Waals surface area contributed by atoms with Crippen molar-refractivity contribution in [2.75, 3.05) is 36.4 Å². The first-order chi connectivity index (χ1) is 15.7. The molecule has 1 atom stereocenters. The van der Waals surface area contributed by atoms with Gasteiger partial charge >= 0.3 is 0 Å². The Morgan fingerprint density at radius 1 is 1.12 bits per heavy atom. The molecule has 4 N–H and O–H groups in total. The highest BCUT2D eigenvalue weighted by atomic mass is 16.2. The van der Waals surface area contributed by atoms with Crippen LogP contribution < -0.4 is 26.2 Å². The van der Waals surface area contributed by atoms with Gasteiger partial charge in [0.05, 0.1) is 0 Å². The Bertz CT molecular complexity index is 1020. The third-order valence-electron chi connectivity index (χ3n) is 7.59. The van der Waals surface area contributed by atoms with Gasteiger partial charge in [-0.1, -0.05) is 25.0 Å². The maximum atomic E-state index is 12.9. The van der Waals surface area contributed by atoms with Gasteiger partial charge in [-0.3, -0.25) is 4.79 Å². The number of carbonyl (C=O) groups excluding carboxylic acids is 1. The van der Waals surface area contributed by atoms with Gasteiger partial charge in [-0.05, 0) is 49.5 Å². The summed E-state index contributed by atoms with van der Waals surface area (Å²) >= 11 is 0. The fourth-order valence-electron chi connectivity index (χ4n) is 5.97. The lowest BCUT2D eigenvalue weighted by Crippen LogP contribution is -2.56. The summed E-state index contributed by atoms with van der Waals surface area (Å²) in [5.41, 5.74) is 3.37. The van der Waals surface area contributed by atoms with Gasteiger partial charge in [0.25, 0.3) is 0 Å². The molecule has 6 rings (SSSR count). The van der Waals surface area contributed by atoms with Crippen LogP contribution in [0.4, 0.5) is 11.8 Å². The van der Waals surface area contributed by atoms with Crippen LogP contribution in [0.3, 0.4) is 0 Å². The number of rotatable bonds is 4. The zero-order valence-corrected chi connectivity index (χ0v) is 18.4. The summed E-state index contributed by atoms with van der Waals surface area (Å²) in [5, 5.41) is 13.3. The first kappa shape index (κ1) is 19.8. The summed E-state index contributed by atoms with van der Waals surface area (Å²) in [7, 11) is 0. The molecule has 1 spiro atoms. The second-order valence-corrected chi connectivity index (χ2v) is 9.50. The Morgan fingerprint density at radius 2 is 2.03 bits per heavy atom. The molecule has 1 saturated heterocycles. The van der Waals surface area contributed by atoms with Crippen molar-refractivity contribution in [2.24, 2.45) is 0 Å². The number of carbonyl (C=O) groups is 1. The maximum absolute atomic E-state index is 12.9. The molecule has 0 bridgehead atoms. The number of allylic oxidation sites excluding steroid dienone is 2. The summed E-state index contributed by atoms with van der Waals surface area (Å²) in [5.74, 6) is 2.58. The molecule has 1 saturated carbocycles. The predicted molar refractivity (Wildman–Crippen MR) is 124 cm³/mol. The topological polar surface area (TPSA) is 94.2 Å². The van der Waals surface area contributed by atoms with Crippen LogP contribution in [0.2, 0.25) is 0 Å². The highest BCUT2D eigenvalue weighted by Crippen LogP contribution is 2.45. The number of nitrogens with one attached hydrogen (secondary N) is 4. The van der Waals surface area contributed by atoms with Crippen molar-refractivity contribution in [3.05, 3.63) is 47.0 Å². The van der Waals surface area contributed by atoms with Crippen molar-refractivity contribution < 1.29 is 4.79 Å². The molecule has 2 fully saturated rings. The number of aromatic nitrogens is 2. The number of hydrogen-bond donors (Lipinski definition) is 4. The molecule has 8 nitrogen and oxygen atoms in total. The zero-order chi connectivity index (χ0) is 21.5. The molecule has 1 aliphatic carbocycles. The van der Waals surface area contributed by atoms with E-state index in [0.29, 0.717) is 18.4 Å². The van der Waals surface area contributed by atoms with E-state index in [1.807, 2.05) is 6.20 Å². The number of hydrogen-bond acceptors (Lipinski definition) is 7. The summed E-state index contributed by atoms with van der Waals surface area (Å²) in [6.45, 7) is 3.53. The van der Waals surface area contributed by atoms with Crippen molar-refractivity contribution in [3.8, 4) is 0 Å². The fraction of sp³-hybridized carbons (Fsp3) is 0.542. The Balaban J connectivity index is 1.26. The lowest BCUT2D eigenvalue weighted by atomic mass is 9.91. The van der Waals surface area contributed by atoms with Crippen LogP contribution in [0.25, 0.3) is 0 Å². The van der Waals surface area contributed by atoms with E-state index in [1.165, 1.54) is 24.0 Å². The highest BCUT2D eigenvalue weighted by Gasteiger charge is 2.55. The number of dihydropyridines is 1. The van der Waals surface area contributed by atoms with Gasteiger partial charge in [-0.15, -0.1) is 0 Å². The van der Waals surface area contributed by atoms with Crippen LogP contribution in [-0.4, -0.2) is 53.6 Å². The minimum absolute atomic E-state index is 0.151. The van der Waals surface area contributed by atoms with Crippen molar-refractivity contribution in [1.82, 2.24) is 25.9 Å². The van der Waals surface area contributed by atoms with Crippen LogP contribution in [0.1, 0.15) is 44.1 Å². The molecule has 32 heavy (non-hydrogen) atoms. The molecule has 1 unspecified atom stereocenters. The van der Waals surface area contributed by atoms with E-state index in [9.17, 15) is 4.79 Å². The zero-order valence-electron chi connectivity index (χ0n) is 18.4. The second-order valence-electron chi connectivity index (χ2n) is 9.50. The molecule has 5 heterocycles. The molecule has 0 aromatic carbocycles. The van der Waals surface area contributed by atoms with Gasteiger partial charge in [-0.25, -0.2) is 4.98 Å². The number of amides is 1. The second kappa shape index (κ2) is 7.92. The van der Waals surface area contributed by atoms with Gasteiger partial charge in [0.2, 0.25) is 11.9 Å². The van der Waals surface area contributed by atoms with Gasteiger partial charge in [-0.2, -0.15) is 4.98 Å². The molecule has 1 aromatic rings. The van der Waals surface area contributed by atoms with E-state index >= 15 is 0 Å². The molecule has 4 aliphatic heterocycles. The van der Waals surface area contributed by atoms with Gasteiger partial charge < -0.3 is 26.2 Å². The lowest BCUT2D eigenvalue weighted by Gasteiger charge is -2.38. The monoisotopic (exact) mass is 433 g/mol. The Labute approximate surface area is 188 Å². The summed E-state index contributed by atoms with van der Waals surface area (Å²) in [6, 6.07) is 0.388. The molecular weight excluding hydrogens is 402 g/mol. The number of anilines is 2. The minimum Gasteiger partial charge on any atom is -0.367 e. The minimum atomic E-state index is -0.479. The normalized spacial score (nSPS) is 27.6. The SMILES string of the molecule is O=C1NCCC12Cc1cnc(NC3=CC=C(C4=CCNCC4)CN3)nc1N2C1CCCC1. The average molecular weight is 434 g/mol. The van der Waals surface area contributed by atoms with Crippen molar-refractivity contribution in [2.45, 2.75) is 56.5 Å². The molecule has 0 radical (unpaired) electrons. The first-order valence-electron chi connectivity index (χ1n) is 12.0. The predicted octanol–water partition coefficient (Wildman–Crippen LogP) is 1.74. The standard InChI is InChI=1S/C24H31N7O/c32-22-24(9-12-26-22)13-18-15-28-23(30-21(18)31(24)19-3-1-2-4-19)29-20-6-5-17(14-27-20)16-7-10-25-11-8-16/h5-7,15,19,25,27H,1-4,8-14H2,(H,26,32)(H,28,29,30). The Morgan fingerprint density at radius 3 is 2.75 bits per heavy atom. The number of fused-ring (bicyclic) bond motifs is 1. The van der Waals surface area contributed by atoms with Gasteiger partial charge in [0.1, 0.15) is 17.2 Å². The maximum Gasteiger partial charge on any atom is 0.246 e. The first-order valence-corrected chi connectivity index (χ1v) is 12.0. The molecular formula is C24H31N7O. The highest BCUT2D eigenvalue weighted by molar-refractivity contribution is 5.94. The smallest absolute Gasteiger partial charge is 0.246 e. The van der Waals surface area contributed by atoms with E-state index in [-0.39, 0.29) is 5.91 Å². The van der Waals surface area contributed by atoms with Gasteiger partial charge in [0, 0.05) is 43.9 Å². The average Bonchev–Trinajstić information content (AvgIpc) is 3.55. The molecule has 168 valence electrons. The van der Waals surface area contributed by atoms with Crippen LogP contribution >= 0.6 is 0 Å². The quantitative estimate of drug-likeness (QED) is 0.575. The third-order valence-corrected chi connectivity index (χ3v) is 7.59. The molecule has 5 aliphatic rings. The van der Waals surface area contributed by atoms with E-state index in [0.717, 1.165) is 69.1 Å². The van der Waals surface area contributed by atoms with Crippen LogP contribution in [0, 0.1) is 0 Å². The van der Waals surface area contributed by atoms with Crippen LogP contribution in [-0.2, 0) is 11.2 Å². The Hall–Kier alpha value is -2.87. The van der Waals surface area contributed by atoms with Crippen molar-refractivity contribution in [3.63, 3.8) is 0 Å². The summed E-state index contributed by atoms with van der Waals surface area (Å²) < 4.78 is 0. The van der Waals surface area contributed by atoms with Crippen LogP contribution in [0.5, 0.6) is 0 Å². The third kappa shape index (κ3) is 3.28. The molecule has 1 aromatic heterocycles. The summed E-state index contributed by atoms with van der Waals surface area (Å²) in [4.78, 5) is 24.8. The van der Waals surface area contributed by atoms with E-state index < -0.39 is 5.54 Å². The van der Waals surface area contributed by atoms with Gasteiger partial charge in [0.15, 0.2) is 0 Å². The Kier molecular flexibility index (Phi) is 4.90. The van der Waals surface area contributed by atoms with E-state index in [2.05, 4.69) is 49.4 Å². The fourth-order valence-corrected chi connectivity index (χ4v) is 5.97. The molecule has 8 heteroatoms. The van der Waals surface area contributed by atoms with Crippen molar-refractivity contribution >= 4 is 17.7 Å². The molecule has 1 amide bonds. The van der Waals surface area contributed by atoms with E-state index in [1.54, 1.807) is 0 Å². The van der Waals surface area contributed by atoms with E-state index in [4.69, 9.17) is 4.98 Å². The van der Waals surface area contributed by atoms with Crippen molar-refractivity contribution in [1.29, 1.82) is 0 Å². The largest absolute Gasteiger partial charge is 0.367 e. The lowest BCUT2D eigenvalue weighted by molar-refractivity contribution is -0.123. The van der Waals surface area contributed by atoms with Crippen LogP contribution in [0.15, 0.2) is 41.4 Å². The number of nitrogens with zero attached hydrogens (tertiary/aromatic N) is 3. The summed E-state index contributed by atoms with van der Waals surface area (Å²) in [6.07, 6.45) is 15.8.